The average Bonchev–Trinajstić information content (AvgIpc) is 2.57. The molecule has 0 aliphatic heterocycles. The molecule has 2 aromatic rings. The first kappa shape index (κ1) is 20.8. The van der Waals surface area contributed by atoms with E-state index in [1.165, 1.54) is 0 Å². The number of amides is 1. The van der Waals surface area contributed by atoms with Gasteiger partial charge in [0.1, 0.15) is 18.0 Å². The smallest absolute Gasteiger partial charge is 0.405 e. The molecule has 4 nitrogen and oxygen atoms in total. The summed E-state index contributed by atoms with van der Waals surface area (Å²) in [4.78, 5) is 11.8. The van der Waals surface area contributed by atoms with Crippen LogP contribution in [-0.4, -0.2) is 6.09 Å². The van der Waals surface area contributed by atoms with Crippen LogP contribution in [-0.2, 0) is 16.9 Å². The predicted molar refractivity (Wildman–Crippen MR) is 108 cm³/mol. The number of ether oxygens (including phenoxy) is 2. The zero-order chi connectivity index (χ0) is 20.3. The van der Waals surface area contributed by atoms with Crippen LogP contribution in [0.15, 0.2) is 54.6 Å². The first-order chi connectivity index (χ1) is 12.5. The number of benzene rings is 2. The molecule has 0 heterocycles. The molecule has 4 heteroatoms. The van der Waals surface area contributed by atoms with Crippen molar-refractivity contribution in [1.82, 2.24) is 0 Å². The highest BCUT2D eigenvalue weighted by Gasteiger charge is 2.55. The molecular formula is C23H31NO3. The van der Waals surface area contributed by atoms with E-state index in [9.17, 15) is 4.79 Å². The van der Waals surface area contributed by atoms with Crippen molar-refractivity contribution < 1.29 is 14.3 Å². The van der Waals surface area contributed by atoms with Crippen LogP contribution in [0.5, 0.6) is 5.75 Å². The summed E-state index contributed by atoms with van der Waals surface area (Å²) in [6.45, 7) is 12.8. The van der Waals surface area contributed by atoms with E-state index in [1.54, 1.807) is 0 Å². The highest BCUT2D eigenvalue weighted by molar-refractivity contribution is 5.66. The van der Waals surface area contributed by atoms with Gasteiger partial charge < -0.3 is 15.2 Å². The van der Waals surface area contributed by atoms with Crippen molar-refractivity contribution in [2.24, 2.45) is 16.6 Å². The van der Waals surface area contributed by atoms with Crippen molar-refractivity contribution in [1.29, 1.82) is 0 Å². The largest absolute Gasteiger partial charge is 0.489 e. The number of hydrogen-bond acceptors (Lipinski definition) is 3. The zero-order valence-electron chi connectivity index (χ0n) is 17.2. The molecule has 0 unspecified atom stereocenters. The maximum absolute atomic E-state index is 11.8. The number of carbonyl (C=O) groups is 1. The zero-order valence-corrected chi connectivity index (χ0v) is 17.2. The molecule has 2 aromatic carbocycles. The van der Waals surface area contributed by atoms with Crippen molar-refractivity contribution in [2.75, 3.05) is 0 Å². The van der Waals surface area contributed by atoms with Crippen LogP contribution >= 0.6 is 0 Å². The fourth-order valence-corrected chi connectivity index (χ4v) is 4.03. The lowest BCUT2D eigenvalue weighted by molar-refractivity contribution is -0.145. The summed E-state index contributed by atoms with van der Waals surface area (Å²) in [5.74, 6) is 0.762. The van der Waals surface area contributed by atoms with Crippen LogP contribution in [0.1, 0.15) is 52.7 Å². The maximum atomic E-state index is 11.8. The first-order valence-corrected chi connectivity index (χ1v) is 9.23. The Labute approximate surface area is 162 Å². The molecule has 0 aliphatic rings. The second-order valence-electron chi connectivity index (χ2n) is 8.90. The van der Waals surface area contributed by atoms with Gasteiger partial charge in [-0.3, -0.25) is 0 Å². The van der Waals surface area contributed by atoms with Gasteiger partial charge in [-0.15, -0.1) is 0 Å². The normalized spacial score (nSPS) is 12.5. The van der Waals surface area contributed by atoms with E-state index in [-0.39, 0.29) is 10.8 Å². The van der Waals surface area contributed by atoms with Crippen LogP contribution in [0, 0.1) is 10.8 Å². The van der Waals surface area contributed by atoms with E-state index in [2.05, 4.69) is 41.5 Å². The Morgan fingerprint density at radius 2 is 1.37 bits per heavy atom. The summed E-state index contributed by atoms with van der Waals surface area (Å²) < 4.78 is 11.7. The lowest BCUT2D eigenvalue weighted by Crippen LogP contribution is -2.54. The molecule has 27 heavy (non-hydrogen) atoms. The summed E-state index contributed by atoms with van der Waals surface area (Å²) in [5, 5.41) is 0. The van der Waals surface area contributed by atoms with Gasteiger partial charge in [0.15, 0.2) is 0 Å². The van der Waals surface area contributed by atoms with Crippen LogP contribution in [0.2, 0.25) is 0 Å². The Kier molecular flexibility index (Phi) is 5.88. The Morgan fingerprint density at radius 1 is 0.852 bits per heavy atom. The second kappa shape index (κ2) is 7.63. The number of hydrogen-bond donors (Lipinski definition) is 1. The van der Waals surface area contributed by atoms with Crippen molar-refractivity contribution in [2.45, 2.75) is 53.8 Å². The van der Waals surface area contributed by atoms with Gasteiger partial charge in [0, 0.05) is 10.8 Å². The second-order valence-corrected chi connectivity index (χ2v) is 8.90. The first-order valence-electron chi connectivity index (χ1n) is 9.23. The van der Waals surface area contributed by atoms with E-state index in [0.29, 0.717) is 6.61 Å². The van der Waals surface area contributed by atoms with E-state index >= 15 is 0 Å². The Hall–Kier alpha value is -2.49. The Bertz CT molecular complexity index is 739. The van der Waals surface area contributed by atoms with Gasteiger partial charge in [-0.25, -0.2) is 4.79 Å². The molecule has 0 aliphatic carbocycles. The molecular weight excluding hydrogens is 338 g/mol. The fourth-order valence-electron chi connectivity index (χ4n) is 4.03. The van der Waals surface area contributed by atoms with E-state index in [0.717, 1.165) is 16.9 Å². The van der Waals surface area contributed by atoms with Gasteiger partial charge in [-0.1, -0.05) is 84.0 Å². The Morgan fingerprint density at radius 3 is 1.81 bits per heavy atom. The molecule has 2 N–H and O–H groups in total. The third-order valence-corrected chi connectivity index (χ3v) is 4.88. The minimum Gasteiger partial charge on any atom is -0.489 e. The van der Waals surface area contributed by atoms with Crippen molar-refractivity contribution in [3.8, 4) is 5.75 Å². The predicted octanol–water partition coefficient (Wildman–Crippen LogP) is 5.65. The van der Waals surface area contributed by atoms with E-state index in [1.807, 2.05) is 54.6 Å². The van der Waals surface area contributed by atoms with Crippen LogP contribution in [0.4, 0.5) is 4.79 Å². The maximum Gasteiger partial charge on any atom is 0.405 e. The van der Waals surface area contributed by atoms with Gasteiger partial charge in [-0.05, 0) is 23.3 Å². The number of carbonyl (C=O) groups excluding carboxylic acids is 1. The SMILES string of the molecule is CC(C)(C)C(OC(N)=O)(c1ccc(OCc2ccccc2)cc1)C(C)(C)C. The van der Waals surface area contributed by atoms with Gasteiger partial charge in [0.05, 0.1) is 0 Å². The molecule has 0 bridgehead atoms. The van der Waals surface area contributed by atoms with Gasteiger partial charge in [-0.2, -0.15) is 0 Å². The topological polar surface area (TPSA) is 61.5 Å². The minimum atomic E-state index is -0.885. The summed E-state index contributed by atoms with van der Waals surface area (Å²) >= 11 is 0. The van der Waals surface area contributed by atoms with Crippen molar-refractivity contribution >= 4 is 6.09 Å². The van der Waals surface area contributed by atoms with E-state index in [4.69, 9.17) is 15.2 Å². The summed E-state index contributed by atoms with van der Waals surface area (Å²) in [6, 6.07) is 17.8. The molecule has 0 fully saturated rings. The molecule has 146 valence electrons. The number of primary amides is 1. The van der Waals surface area contributed by atoms with Crippen LogP contribution in [0.3, 0.4) is 0 Å². The summed E-state index contributed by atoms with van der Waals surface area (Å²) in [6.07, 6.45) is -0.774. The van der Waals surface area contributed by atoms with Gasteiger partial charge in [0.2, 0.25) is 0 Å². The molecule has 0 saturated carbocycles. The molecule has 1 amide bonds. The standard InChI is InChI=1S/C23H31NO3/c1-21(2,3)23(22(4,5)6,27-20(24)25)18-12-14-19(15-13-18)26-16-17-10-8-7-9-11-17/h7-15H,16H2,1-6H3,(H2,24,25). The number of nitrogens with two attached hydrogens (primary N) is 1. The summed E-state index contributed by atoms with van der Waals surface area (Å²) in [7, 11) is 0. The molecule has 0 atom stereocenters. The van der Waals surface area contributed by atoms with Crippen molar-refractivity contribution in [3.63, 3.8) is 0 Å². The minimum absolute atomic E-state index is 0.368. The molecule has 0 spiro atoms. The highest BCUT2D eigenvalue weighted by Crippen LogP contribution is 2.54. The summed E-state index contributed by atoms with van der Waals surface area (Å²) in [5.41, 5.74) is 5.85. The lowest BCUT2D eigenvalue weighted by atomic mass is 9.59. The fraction of sp³-hybridized carbons (Fsp3) is 0.435. The average molecular weight is 370 g/mol. The molecule has 2 rings (SSSR count). The highest BCUT2D eigenvalue weighted by atomic mass is 16.6. The number of rotatable bonds is 5. The quantitative estimate of drug-likeness (QED) is 0.741. The molecule has 0 aromatic heterocycles. The Balaban J connectivity index is 2.35. The van der Waals surface area contributed by atoms with Gasteiger partial charge in [0.25, 0.3) is 0 Å². The van der Waals surface area contributed by atoms with Crippen molar-refractivity contribution in [3.05, 3.63) is 65.7 Å². The third-order valence-electron chi connectivity index (χ3n) is 4.88. The monoisotopic (exact) mass is 369 g/mol. The van der Waals surface area contributed by atoms with Crippen LogP contribution in [0.25, 0.3) is 0 Å². The molecule has 0 radical (unpaired) electrons. The lowest BCUT2D eigenvalue weighted by Gasteiger charge is -2.52. The van der Waals surface area contributed by atoms with Gasteiger partial charge >= 0.3 is 6.09 Å². The van der Waals surface area contributed by atoms with E-state index < -0.39 is 11.7 Å². The van der Waals surface area contributed by atoms with Crippen LogP contribution < -0.4 is 10.5 Å². The molecule has 0 saturated heterocycles. The third kappa shape index (κ3) is 4.44.